The smallest absolute Gasteiger partial charge is 0.137 e. The predicted octanol–water partition coefficient (Wildman–Crippen LogP) is 2.05. The highest BCUT2D eigenvalue weighted by atomic mass is 32.1. The number of hydrogen-bond donors (Lipinski definition) is 0. The monoisotopic (exact) mass is 168 g/mol. The van der Waals surface area contributed by atoms with Crippen molar-refractivity contribution in [3.63, 3.8) is 0 Å². The van der Waals surface area contributed by atoms with Crippen LogP contribution in [0.5, 0.6) is 5.75 Å². The van der Waals surface area contributed by atoms with Gasteiger partial charge in [0.2, 0.25) is 0 Å². The van der Waals surface area contributed by atoms with Crippen molar-refractivity contribution in [1.29, 1.82) is 0 Å². The standard InChI is InChI=1S/C8H8O2S/c9-5-6-10-7-3-1-2-4-8(7)11/h1-4H,5-6H2. The van der Waals surface area contributed by atoms with Crippen molar-refractivity contribution in [2.75, 3.05) is 13.2 Å². The van der Waals surface area contributed by atoms with Crippen LogP contribution in [0.15, 0.2) is 29.2 Å². The van der Waals surface area contributed by atoms with Gasteiger partial charge in [-0.1, -0.05) is 24.8 Å². The molecule has 1 rings (SSSR count). The maximum Gasteiger partial charge on any atom is 0.137 e. The van der Waals surface area contributed by atoms with E-state index < -0.39 is 0 Å². The molecule has 0 N–H and O–H groups in total. The highest BCUT2D eigenvalue weighted by Gasteiger charge is 1.97. The minimum absolute atomic E-state index is 0.188. The highest BCUT2D eigenvalue weighted by Crippen LogP contribution is 2.20. The van der Waals surface area contributed by atoms with E-state index >= 15 is 0 Å². The van der Waals surface area contributed by atoms with Crippen molar-refractivity contribution in [3.05, 3.63) is 24.3 Å². The summed E-state index contributed by atoms with van der Waals surface area (Å²) in [6.45, 7) is -0.0443. The molecule has 0 bridgehead atoms. The molecule has 0 heterocycles. The molecule has 0 aliphatic heterocycles. The first-order chi connectivity index (χ1) is 5.34. The second kappa shape index (κ2) is 4.16. The van der Waals surface area contributed by atoms with E-state index in [-0.39, 0.29) is 13.2 Å². The first-order valence-electron chi connectivity index (χ1n) is 3.31. The molecule has 0 aliphatic rings. The van der Waals surface area contributed by atoms with E-state index in [2.05, 4.69) is 0 Å². The van der Waals surface area contributed by atoms with Crippen LogP contribution in [0.2, 0.25) is 0 Å². The molecule has 0 fully saturated rings. The van der Waals surface area contributed by atoms with Crippen LogP contribution < -0.4 is 4.74 Å². The summed E-state index contributed by atoms with van der Waals surface area (Å²) in [6.07, 6.45) is 0. The van der Waals surface area contributed by atoms with Crippen LogP contribution in [0, 0.1) is 0 Å². The maximum atomic E-state index is 10.1. The van der Waals surface area contributed by atoms with Crippen molar-refractivity contribution in [3.8, 4) is 5.75 Å². The minimum atomic E-state index is -0.232. The zero-order valence-electron chi connectivity index (χ0n) is 5.95. The van der Waals surface area contributed by atoms with Gasteiger partial charge < -0.3 is 4.74 Å². The molecule has 0 aliphatic carbocycles. The number of rotatable bonds is 3. The maximum absolute atomic E-state index is 10.1. The van der Waals surface area contributed by atoms with Gasteiger partial charge in [-0.3, -0.25) is 0 Å². The van der Waals surface area contributed by atoms with Gasteiger partial charge in [0.05, 0.1) is 4.90 Å². The molecule has 0 saturated carbocycles. The Kier molecular flexibility index (Phi) is 3.14. The summed E-state index contributed by atoms with van der Waals surface area (Å²) in [5.74, 6) is 0.623. The summed E-state index contributed by atoms with van der Waals surface area (Å²) in [5.41, 5.74) is 0. The molecule has 0 amide bonds. The Morgan fingerprint density at radius 1 is 1.36 bits per heavy atom. The van der Waals surface area contributed by atoms with Gasteiger partial charge in [0.25, 0.3) is 0 Å². The van der Waals surface area contributed by atoms with Gasteiger partial charge >= 0.3 is 0 Å². The van der Waals surface area contributed by atoms with Gasteiger partial charge in [-0.15, -0.1) is 0 Å². The van der Waals surface area contributed by atoms with Crippen molar-refractivity contribution >= 4 is 12.6 Å². The highest BCUT2D eigenvalue weighted by molar-refractivity contribution is 7.80. The SMILES string of the molecule is [O]CCOc1ccccc1[S]. The number of ether oxygens (including phenoxy) is 1. The quantitative estimate of drug-likeness (QED) is 0.679. The van der Waals surface area contributed by atoms with Crippen LogP contribution in [0.1, 0.15) is 0 Å². The summed E-state index contributed by atoms with van der Waals surface area (Å²) >= 11 is 4.94. The fourth-order valence-electron chi connectivity index (χ4n) is 0.721. The molecule has 58 valence electrons. The van der Waals surface area contributed by atoms with Crippen molar-refractivity contribution < 1.29 is 9.84 Å². The van der Waals surface area contributed by atoms with E-state index in [0.29, 0.717) is 10.6 Å². The molecule has 2 nitrogen and oxygen atoms in total. The van der Waals surface area contributed by atoms with Crippen LogP contribution in [0.4, 0.5) is 0 Å². The van der Waals surface area contributed by atoms with Crippen molar-refractivity contribution in [1.82, 2.24) is 0 Å². The summed E-state index contributed by atoms with van der Waals surface area (Å²) < 4.78 is 5.07. The second-order valence-corrected chi connectivity index (χ2v) is 2.44. The van der Waals surface area contributed by atoms with E-state index in [4.69, 9.17) is 17.4 Å². The summed E-state index contributed by atoms with van der Waals surface area (Å²) in [4.78, 5) is 0.654. The zero-order chi connectivity index (χ0) is 8.10. The fourth-order valence-corrected chi connectivity index (χ4v) is 0.927. The fraction of sp³-hybridized carbons (Fsp3) is 0.250. The van der Waals surface area contributed by atoms with Crippen LogP contribution >= 0.6 is 12.6 Å². The van der Waals surface area contributed by atoms with Gasteiger partial charge in [0, 0.05) is 0 Å². The van der Waals surface area contributed by atoms with Gasteiger partial charge in [-0.05, 0) is 12.1 Å². The number of benzene rings is 1. The van der Waals surface area contributed by atoms with E-state index in [9.17, 15) is 5.11 Å². The normalized spacial score (nSPS) is 9.55. The number of para-hydroxylation sites is 1. The summed E-state index contributed by atoms with van der Waals surface area (Å²) in [5, 5.41) is 10.1. The van der Waals surface area contributed by atoms with Crippen molar-refractivity contribution in [2.45, 2.75) is 4.90 Å². The van der Waals surface area contributed by atoms with Gasteiger partial charge in [-0.2, -0.15) is 0 Å². The molecule has 0 saturated heterocycles. The van der Waals surface area contributed by atoms with E-state index in [1.807, 2.05) is 12.1 Å². The molecule has 1 aromatic rings. The molecular formula is C8H8O2S. The lowest BCUT2D eigenvalue weighted by Gasteiger charge is -2.03. The average Bonchev–Trinajstić information content (AvgIpc) is 2.03. The Balaban J connectivity index is 2.62. The third-order valence-corrected chi connectivity index (χ3v) is 1.53. The Morgan fingerprint density at radius 2 is 2.09 bits per heavy atom. The lowest BCUT2D eigenvalue weighted by molar-refractivity contribution is 0.137. The average molecular weight is 168 g/mol. The Morgan fingerprint density at radius 3 is 2.73 bits per heavy atom. The Bertz CT molecular complexity index is 225. The van der Waals surface area contributed by atoms with E-state index in [1.165, 1.54) is 0 Å². The van der Waals surface area contributed by atoms with Gasteiger partial charge in [0.15, 0.2) is 0 Å². The molecule has 1 aromatic carbocycles. The summed E-state index contributed by atoms with van der Waals surface area (Å²) in [6, 6.07) is 7.20. The number of hydrogen-bond acceptors (Lipinski definition) is 1. The molecule has 0 spiro atoms. The molecule has 0 aromatic heterocycles. The second-order valence-electron chi connectivity index (χ2n) is 2.00. The topological polar surface area (TPSA) is 29.1 Å². The lowest BCUT2D eigenvalue weighted by atomic mass is 10.3. The molecular weight excluding hydrogens is 160 g/mol. The van der Waals surface area contributed by atoms with Crippen LogP contribution in [-0.2, 0) is 5.11 Å². The lowest BCUT2D eigenvalue weighted by Crippen LogP contribution is -2.00. The first kappa shape index (κ1) is 8.30. The third-order valence-electron chi connectivity index (χ3n) is 1.19. The van der Waals surface area contributed by atoms with Crippen LogP contribution in [-0.4, -0.2) is 13.2 Å². The Hall–Kier alpha value is -0.800. The van der Waals surface area contributed by atoms with Crippen LogP contribution in [0.3, 0.4) is 0 Å². The minimum Gasteiger partial charge on any atom is -0.490 e. The molecule has 11 heavy (non-hydrogen) atoms. The first-order valence-corrected chi connectivity index (χ1v) is 3.72. The van der Waals surface area contributed by atoms with E-state index in [0.717, 1.165) is 0 Å². The van der Waals surface area contributed by atoms with Gasteiger partial charge in [-0.25, -0.2) is 5.11 Å². The van der Waals surface area contributed by atoms with Gasteiger partial charge in [0.1, 0.15) is 19.0 Å². The zero-order valence-corrected chi connectivity index (χ0v) is 6.76. The largest absolute Gasteiger partial charge is 0.490 e. The third kappa shape index (κ3) is 2.37. The van der Waals surface area contributed by atoms with Crippen LogP contribution in [0.25, 0.3) is 0 Å². The molecule has 0 atom stereocenters. The van der Waals surface area contributed by atoms with Crippen molar-refractivity contribution in [2.24, 2.45) is 0 Å². The van der Waals surface area contributed by atoms with E-state index in [1.54, 1.807) is 12.1 Å². The Labute approximate surface area is 71.2 Å². The molecule has 2 radical (unpaired) electrons. The summed E-state index contributed by atoms with van der Waals surface area (Å²) in [7, 11) is 0. The molecule has 0 unspecified atom stereocenters. The molecule has 3 heteroatoms. The predicted molar refractivity (Wildman–Crippen MR) is 43.3 cm³/mol.